The van der Waals surface area contributed by atoms with E-state index < -0.39 is 0 Å². The van der Waals surface area contributed by atoms with Gasteiger partial charge in [0.15, 0.2) is 0 Å². The van der Waals surface area contributed by atoms with Gasteiger partial charge in [0.05, 0.1) is 0 Å². The second-order valence-corrected chi connectivity index (χ2v) is 5.24. The summed E-state index contributed by atoms with van der Waals surface area (Å²) in [6.45, 7) is 4.85. The van der Waals surface area contributed by atoms with Crippen LogP contribution in [0.4, 0.5) is 4.79 Å². The number of hydrogen-bond acceptors (Lipinski definition) is 2. The highest BCUT2D eigenvalue weighted by Gasteiger charge is 2.06. The van der Waals surface area contributed by atoms with Crippen LogP contribution in [-0.2, 0) is 0 Å². The highest BCUT2D eigenvalue weighted by Crippen LogP contribution is 2.15. The van der Waals surface area contributed by atoms with E-state index in [2.05, 4.69) is 36.6 Å². The number of carbonyl (C=O) groups excluding carboxylic acids is 1. The lowest BCUT2D eigenvalue weighted by Gasteiger charge is -2.15. The van der Waals surface area contributed by atoms with E-state index in [1.807, 2.05) is 18.2 Å². The molecule has 0 bridgehead atoms. The summed E-state index contributed by atoms with van der Waals surface area (Å²) in [6.07, 6.45) is 1.95. The Hall–Kier alpha value is -1.16. The smallest absolute Gasteiger partial charge is 0.315 e. The number of amides is 2. The third-order valence-corrected chi connectivity index (χ3v) is 3.73. The van der Waals surface area contributed by atoms with E-state index >= 15 is 0 Å². The third-order valence-electron chi connectivity index (χ3n) is 2.72. The van der Waals surface area contributed by atoms with Gasteiger partial charge < -0.3 is 10.6 Å². The fourth-order valence-corrected chi connectivity index (χ4v) is 2.37. The Balaban J connectivity index is 2.12. The van der Waals surface area contributed by atoms with Crippen LogP contribution < -0.4 is 10.6 Å². The molecular weight excluding hydrogens is 244 g/mol. The molecule has 0 aromatic heterocycles. The van der Waals surface area contributed by atoms with Crippen molar-refractivity contribution in [2.45, 2.75) is 37.6 Å². The van der Waals surface area contributed by atoms with Gasteiger partial charge in [0.25, 0.3) is 0 Å². The molecule has 3 nitrogen and oxygen atoms in total. The molecular formula is C14H22N2OS. The number of rotatable bonds is 7. The van der Waals surface area contributed by atoms with Gasteiger partial charge in [0.1, 0.15) is 0 Å². The second kappa shape index (κ2) is 8.86. The van der Waals surface area contributed by atoms with Crippen molar-refractivity contribution in [1.29, 1.82) is 0 Å². The van der Waals surface area contributed by atoms with Crippen LogP contribution >= 0.6 is 11.8 Å². The Morgan fingerprint density at radius 3 is 2.50 bits per heavy atom. The van der Waals surface area contributed by atoms with Crippen LogP contribution in [0.1, 0.15) is 26.7 Å². The maximum atomic E-state index is 11.6. The molecule has 100 valence electrons. The molecule has 0 unspecified atom stereocenters. The molecule has 0 fully saturated rings. The number of hydrogen-bond donors (Lipinski definition) is 2. The van der Waals surface area contributed by atoms with Crippen molar-refractivity contribution in [1.82, 2.24) is 10.6 Å². The molecule has 4 heteroatoms. The molecule has 1 aromatic rings. The molecule has 0 radical (unpaired) electrons. The van der Waals surface area contributed by atoms with E-state index in [1.165, 1.54) is 4.90 Å². The van der Waals surface area contributed by atoms with Gasteiger partial charge in [-0.05, 0) is 25.0 Å². The van der Waals surface area contributed by atoms with Gasteiger partial charge in [0.2, 0.25) is 0 Å². The summed E-state index contributed by atoms with van der Waals surface area (Å²) in [5, 5.41) is 5.84. The normalized spacial score (nSPS) is 10.4. The van der Waals surface area contributed by atoms with Crippen LogP contribution in [0.25, 0.3) is 0 Å². The summed E-state index contributed by atoms with van der Waals surface area (Å²) >= 11 is 1.75. The van der Waals surface area contributed by atoms with E-state index in [-0.39, 0.29) is 12.1 Å². The Morgan fingerprint density at radius 1 is 1.22 bits per heavy atom. The predicted octanol–water partition coefficient (Wildman–Crippen LogP) is 3.27. The molecule has 0 aliphatic rings. The molecule has 0 atom stereocenters. The summed E-state index contributed by atoms with van der Waals surface area (Å²) in [4.78, 5) is 12.8. The largest absolute Gasteiger partial charge is 0.337 e. The minimum absolute atomic E-state index is 0.0580. The first-order valence-corrected chi connectivity index (χ1v) is 7.47. The van der Waals surface area contributed by atoms with Gasteiger partial charge in [-0.3, -0.25) is 0 Å². The quantitative estimate of drug-likeness (QED) is 0.587. The van der Waals surface area contributed by atoms with Crippen LogP contribution in [0.2, 0.25) is 0 Å². The van der Waals surface area contributed by atoms with Gasteiger partial charge in [0, 0.05) is 23.2 Å². The monoisotopic (exact) mass is 266 g/mol. The molecule has 1 aromatic carbocycles. The Bertz CT molecular complexity index is 339. The van der Waals surface area contributed by atoms with Crippen molar-refractivity contribution in [3.63, 3.8) is 0 Å². The molecule has 18 heavy (non-hydrogen) atoms. The lowest BCUT2D eigenvalue weighted by Crippen LogP contribution is -2.42. The second-order valence-electron chi connectivity index (χ2n) is 4.08. The van der Waals surface area contributed by atoms with Crippen molar-refractivity contribution in [2.24, 2.45) is 0 Å². The van der Waals surface area contributed by atoms with Gasteiger partial charge in [-0.25, -0.2) is 4.79 Å². The summed E-state index contributed by atoms with van der Waals surface area (Å²) < 4.78 is 0. The third kappa shape index (κ3) is 5.96. The highest BCUT2D eigenvalue weighted by molar-refractivity contribution is 7.99. The fraction of sp³-hybridized carbons (Fsp3) is 0.500. The lowest BCUT2D eigenvalue weighted by atomic mass is 10.2. The maximum absolute atomic E-state index is 11.6. The molecule has 0 spiro atoms. The standard InChI is InChI=1S/C14H22N2OS/c1-3-12(4-2)16-14(17)15-10-11-18-13-8-6-5-7-9-13/h5-9,12H,3-4,10-11H2,1-2H3,(H2,15,16,17). The minimum Gasteiger partial charge on any atom is -0.337 e. The number of thioether (sulfide) groups is 1. The number of benzene rings is 1. The van der Waals surface area contributed by atoms with E-state index in [0.29, 0.717) is 6.54 Å². The Labute approximate surface area is 114 Å². The average molecular weight is 266 g/mol. The van der Waals surface area contributed by atoms with E-state index in [4.69, 9.17) is 0 Å². The Kier molecular flexibility index (Phi) is 7.34. The summed E-state index contributed by atoms with van der Waals surface area (Å²) in [5.41, 5.74) is 0. The van der Waals surface area contributed by atoms with Crippen molar-refractivity contribution >= 4 is 17.8 Å². The maximum Gasteiger partial charge on any atom is 0.315 e. The molecule has 2 N–H and O–H groups in total. The first-order valence-electron chi connectivity index (χ1n) is 6.48. The summed E-state index contributed by atoms with van der Waals surface area (Å²) in [5.74, 6) is 0.889. The lowest BCUT2D eigenvalue weighted by molar-refractivity contribution is 0.237. The van der Waals surface area contributed by atoms with Gasteiger partial charge >= 0.3 is 6.03 Å². The number of carbonyl (C=O) groups is 1. The van der Waals surface area contributed by atoms with E-state index in [9.17, 15) is 4.79 Å². The molecule has 0 heterocycles. The molecule has 1 rings (SSSR count). The topological polar surface area (TPSA) is 41.1 Å². The van der Waals surface area contributed by atoms with Crippen molar-refractivity contribution in [2.75, 3.05) is 12.3 Å². The number of urea groups is 1. The van der Waals surface area contributed by atoms with Crippen LogP contribution in [0.15, 0.2) is 35.2 Å². The molecule has 0 saturated heterocycles. The van der Waals surface area contributed by atoms with Crippen molar-refractivity contribution in [3.05, 3.63) is 30.3 Å². The highest BCUT2D eigenvalue weighted by atomic mass is 32.2. The van der Waals surface area contributed by atoms with Crippen molar-refractivity contribution in [3.8, 4) is 0 Å². The average Bonchev–Trinajstić information content (AvgIpc) is 2.42. The first-order chi connectivity index (χ1) is 8.76. The van der Waals surface area contributed by atoms with Gasteiger partial charge in [-0.15, -0.1) is 11.8 Å². The van der Waals surface area contributed by atoms with E-state index in [1.54, 1.807) is 11.8 Å². The predicted molar refractivity (Wildman–Crippen MR) is 78.1 cm³/mol. The van der Waals surface area contributed by atoms with Crippen LogP contribution in [0.5, 0.6) is 0 Å². The molecule has 0 aliphatic heterocycles. The molecule has 2 amide bonds. The minimum atomic E-state index is -0.0580. The van der Waals surface area contributed by atoms with E-state index in [0.717, 1.165) is 18.6 Å². The zero-order chi connectivity index (χ0) is 13.2. The zero-order valence-corrected chi connectivity index (χ0v) is 11.9. The van der Waals surface area contributed by atoms with Crippen LogP contribution in [-0.4, -0.2) is 24.4 Å². The SMILES string of the molecule is CCC(CC)NC(=O)NCCSc1ccccc1. The van der Waals surface area contributed by atoms with Crippen molar-refractivity contribution < 1.29 is 4.79 Å². The Morgan fingerprint density at radius 2 is 1.89 bits per heavy atom. The van der Waals surface area contributed by atoms with Crippen LogP contribution in [0.3, 0.4) is 0 Å². The van der Waals surface area contributed by atoms with Gasteiger partial charge in [-0.2, -0.15) is 0 Å². The fourth-order valence-electron chi connectivity index (χ4n) is 1.58. The molecule has 0 saturated carbocycles. The number of nitrogens with one attached hydrogen (secondary N) is 2. The zero-order valence-electron chi connectivity index (χ0n) is 11.1. The molecule has 0 aliphatic carbocycles. The first kappa shape index (κ1) is 14.9. The van der Waals surface area contributed by atoms with Crippen LogP contribution in [0, 0.1) is 0 Å². The summed E-state index contributed by atoms with van der Waals surface area (Å²) in [6, 6.07) is 10.4. The summed E-state index contributed by atoms with van der Waals surface area (Å²) in [7, 11) is 0. The van der Waals surface area contributed by atoms with Gasteiger partial charge in [-0.1, -0.05) is 32.0 Å².